The van der Waals surface area contributed by atoms with Crippen LogP contribution >= 0.6 is 0 Å². The summed E-state index contributed by atoms with van der Waals surface area (Å²) in [4.78, 5) is 32.1. The molecule has 0 unspecified atom stereocenters. The van der Waals surface area contributed by atoms with Gasteiger partial charge < -0.3 is 10.1 Å². The molecule has 0 saturated heterocycles. The quantitative estimate of drug-likeness (QED) is 0.487. The molecule has 0 radical (unpaired) electrons. The summed E-state index contributed by atoms with van der Waals surface area (Å²) in [5.74, 6) is 1.39. The van der Waals surface area contributed by atoms with Gasteiger partial charge in [-0.3, -0.25) is 14.6 Å². The van der Waals surface area contributed by atoms with Gasteiger partial charge in [0.2, 0.25) is 5.95 Å². The maximum atomic E-state index is 12.6. The van der Waals surface area contributed by atoms with Crippen molar-refractivity contribution in [1.82, 2.24) is 19.7 Å². The van der Waals surface area contributed by atoms with Gasteiger partial charge in [-0.2, -0.15) is 9.78 Å². The third kappa shape index (κ3) is 3.99. The fraction of sp³-hybridized carbons (Fsp3) is 0.250. The lowest BCUT2D eigenvalue weighted by Gasteiger charge is -2.10. The summed E-state index contributed by atoms with van der Waals surface area (Å²) in [5, 5.41) is 9.59. The van der Waals surface area contributed by atoms with Crippen molar-refractivity contribution in [3.63, 3.8) is 0 Å². The Bertz CT molecular complexity index is 1380. The Morgan fingerprint density at radius 3 is 2.69 bits per heavy atom. The first-order chi connectivity index (χ1) is 15.5. The van der Waals surface area contributed by atoms with Crippen molar-refractivity contribution in [3.05, 3.63) is 75.8 Å². The number of amides is 1. The van der Waals surface area contributed by atoms with Crippen molar-refractivity contribution in [1.29, 1.82) is 0 Å². The summed E-state index contributed by atoms with van der Waals surface area (Å²) in [6.07, 6.45) is 2.12. The molecule has 0 atom stereocenters. The zero-order chi connectivity index (χ0) is 22.2. The van der Waals surface area contributed by atoms with Crippen LogP contribution in [0.5, 0.6) is 5.75 Å². The standard InChI is InChI=1S/C24H23N5O3/c1-14-15(2)25-24(27-23(14)31)29-21(12-20(28-29)17-7-8-17)26-22(30)13-32-19-10-9-16-5-3-4-6-18(16)11-19/h3-6,9-12,17H,7-8,13H2,1-2H3,(H,26,30)(H,25,27,31). The highest BCUT2D eigenvalue weighted by Crippen LogP contribution is 2.40. The van der Waals surface area contributed by atoms with Crippen molar-refractivity contribution in [2.45, 2.75) is 32.6 Å². The molecule has 2 aromatic heterocycles. The van der Waals surface area contributed by atoms with E-state index >= 15 is 0 Å². The minimum Gasteiger partial charge on any atom is -0.484 e. The molecule has 2 heterocycles. The van der Waals surface area contributed by atoms with E-state index in [0.717, 1.165) is 29.3 Å². The zero-order valence-corrected chi connectivity index (χ0v) is 17.9. The Hall–Kier alpha value is -3.94. The summed E-state index contributed by atoms with van der Waals surface area (Å²) in [7, 11) is 0. The van der Waals surface area contributed by atoms with E-state index in [1.165, 1.54) is 4.68 Å². The Labute approximate surface area is 184 Å². The molecular formula is C24H23N5O3. The molecule has 5 rings (SSSR count). The molecule has 8 heteroatoms. The van der Waals surface area contributed by atoms with Crippen LogP contribution in [0.15, 0.2) is 53.3 Å². The van der Waals surface area contributed by atoms with E-state index in [2.05, 4.69) is 20.4 Å². The Morgan fingerprint density at radius 1 is 1.16 bits per heavy atom. The van der Waals surface area contributed by atoms with Crippen LogP contribution in [0.25, 0.3) is 16.7 Å². The number of ether oxygens (including phenoxy) is 1. The largest absolute Gasteiger partial charge is 0.484 e. The average molecular weight is 429 g/mol. The minimum atomic E-state index is -0.326. The predicted octanol–water partition coefficient (Wildman–Crippen LogP) is 3.62. The van der Waals surface area contributed by atoms with Gasteiger partial charge in [-0.1, -0.05) is 30.3 Å². The van der Waals surface area contributed by atoms with Crippen molar-refractivity contribution >= 4 is 22.5 Å². The van der Waals surface area contributed by atoms with Gasteiger partial charge in [-0.05, 0) is 49.6 Å². The van der Waals surface area contributed by atoms with Crippen LogP contribution < -0.4 is 15.6 Å². The predicted molar refractivity (Wildman–Crippen MR) is 122 cm³/mol. The second-order valence-corrected chi connectivity index (χ2v) is 8.09. The number of H-pyrrole nitrogens is 1. The molecule has 2 aromatic carbocycles. The van der Waals surface area contributed by atoms with Crippen LogP contribution in [0.3, 0.4) is 0 Å². The van der Waals surface area contributed by atoms with Gasteiger partial charge in [0, 0.05) is 23.2 Å². The SMILES string of the molecule is Cc1nc(-n2nc(C3CC3)cc2NC(=O)COc2ccc3ccccc3c2)[nH]c(=O)c1C. The second kappa shape index (κ2) is 7.96. The molecule has 2 N–H and O–H groups in total. The minimum absolute atomic E-state index is 0.154. The van der Waals surface area contributed by atoms with Crippen LogP contribution in [-0.2, 0) is 4.79 Å². The smallest absolute Gasteiger partial charge is 0.263 e. The molecule has 1 saturated carbocycles. The van der Waals surface area contributed by atoms with Gasteiger partial charge in [0.05, 0.1) is 5.69 Å². The lowest BCUT2D eigenvalue weighted by Crippen LogP contribution is -2.23. The van der Waals surface area contributed by atoms with Crippen LogP contribution in [0.2, 0.25) is 0 Å². The molecule has 32 heavy (non-hydrogen) atoms. The summed E-state index contributed by atoms with van der Waals surface area (Å²) in [6, 6.07) is 15.5. The highest BCUT2D eigenvalue weighted by Gasteiger charge is 2.28. The fourth-order valence-electron chi connectivity index (χ4n) is 3.54. The van der Waals surface area contributed by atoms with Crippen LogP contribution in [0.4, 0.5) is 5.82 Å². The van der Waals surface area contributed by atoms with Crippen LogP contribution in [0, 0.1) is 13.8 Å². The summed E-state index contributed by atoms with van der Waals surface area (Å²) >= 11 is 0. The summed E-state index contributed by atoms with van der Waals surface area (Å²) in [5.41, 5.74) is 1.81. The number of benzene rings is 2. The van der Waals surface area contributed by atoms with Crippen LogP contribution in [0.1, 0.15) is 35.7 Å². The topological polar surface area (TPSA) is 102 Å². The number of fused-ring (bicyclic) bond motifs is 1. The number of aromatic amines is 1. The van der Waals surface area contributed by atoms with E-state index < -0.39 is 0 Å². The number of rotatable bonds is 6. The first-order valence-corrected chi connectivity index (χ1v) is 10.6. The van der Waals surface area contributed by atoms with Gasteiger partial charge in [0.1, 0.15) is 11.6 Å². The Morgan fingerprint density at radius 2 is 1.94 bits per heavy atom. The van der Waals surface area contributed by atoms with E-state index in [1.54, 1.807) is 13.8 Å². The van der Waals surface area contributed by atoms with Gasteiger partial charge in [-0.15, -0.1) is 0 Å². The van der Waals surface area contributed by atoms with E-state index in [1.807, 2.05) is 48.5 Å². The zero-order valence-electron chi connectivity index (χ0n) is 17.9. The monoisotopic (exact) mass is 429 g/mol. The third-order valence-electron chi connectivity index (χ3n) is 5.67. The van der Waals surface area contributed by atoms with Crippen molar-refractivity contribution < 1.29 is 9.53 Å². The molecule has 1 fully saturated rings. The Balaban J connectivity index is 1.36. The molecule has 4 aromatic rings. The number of aromatic nitrogens is 4. The van der Waals surface area contributed by atoms with E-state index in [4.69, 9.17) is 4.74 Å². The summed E-state index contributed by atoms with van der Waals surface area (Å²) in [6.45, 7) is 3.34. The number of carbonyl (C=O) groups excluding carboxylic acids is 1. The third-order valence-corrected chi connectivity index (χ3v) is 5.67. The molecule has 1 aliphatic rings. The molecule has 0 spiro atoms. The normalized spacial score (nSPS) is 13.3. The van der Waals surface area contributed by atoms with Crippen molar-refractivity contribution in [3.8, 4) is 11.7 Å². The molecule has 0 bridgehead atoms. The number of nitrogens with one attached hydrogen (secondary N) is 2. The molecular weight excluding hydrogens is 406 g/mol. The molecule has 8 nitrogen and oxygen atoms in total. The maximum Gasteiger partial charge on any atom is 0.263 e. The van der Waals surface area contributed by atoms with E-state index in [9.17, 15) is 9.59 Å². The first-order valence-electron chi connectivity index (χ1n) is 10.6. The van der Waals surface area contributed by atoms with Gasteiger partial charge >= 0.3 is 0 Å². The summed E-state index contributed by atoms with van der Waals surface area (Å²) < 4.78 is 7.18. The highest BCUT2D eigenvalue weighted by atomic mass is 16.5. The van der Waals surface area contributed by atoms with E-state index in [0.29, 0.717) is 28.7 Å². The molecule has 162 valence electrons. The van der Waals surface area contributed by atoms with Crippen molar-refractivity contribution in [2.24, 2.45) is 0 Å². The fourth-order valence-corrected chi connectivity index (χ4v) is 3.54. The first kappa shape index (κ1) is 20.0. The number of aryl methyl sites for hydroxylation is 1. The van der Waals surface area contributed by atoms with Gasteiger partial charge in [0.25, 0.3) is 11.5 Å². The second-order valence-electron chi connectivity index (χ2n) is 8.09. The highest BCUT2D eigenvalue weighted by molar-refractivity contribution is 5.91. The molecule has 1 aliphatic carbocycles. The van der Waals surface area contributed by atoms with E-state index in [-0.39, 0.29) is 24.0 Å². The lowest BCUT2D eigenvalue weighted by molar-refractivity contribution is -0.118. The van der Waals surface area contributed by atoms with Crippen molar-refractivity contribution in [2.75, 3.05) is 11.9 Å². The Kier molecular flexibility index (Phi) is 4.97. The number of hydrogen-bond acceptors (Lipinski definition) is 5. The van der Waals surface area contributed by atoms with Gasteiger partial charge in [-0.25, -0.2) is 4.98 Å². The van der Waals surface area contributed by atoms with Crippen LogP contribution in [-0.4, -0.2) is 32.3 Å². The lowest BCUT2D eigenvalue weighted by atomic mass is 10.1. The van der Waals surface area contributed by atoms with Gasteiger partial charge in [0.15, 0.2) is 6.61 Å². The number of carbonyl (C=O) groups is 1. The number of anilines is 1. The average Bonchev–Trinajstić information content (AvgIpc) is 3.56. The molecule has 0 aliphatic heterocycles. The maximum absolute atomic E-state index is 12.6. The number of nitrogens with zero attached hydrogens (tertiary/aromatic N) is 3. The number of hydrogen-bond donors (Lipinski definition) is 2. The molecule has 1 amide bonds.